The maximum atomic E-state index is 5.59. The third kappa shape index (κ3) is 2.46. The maximum absolute atomic E-state index is 5.59. The standard InChI is InChI=1S/C14H22N2OS/c1-2-15-11-6-3-7-12-13(11)18-14(16-12)10-5-4-8-17-9-10/h10-11,15H,2-9H2,1H3. The molecule has 3 rings (SSSR count). The van der Waals surface area contributed by atoms with Gasteiger partial charge >= 0.3 is 0 Å². The number of aryl methyl sites for hydroxylation is 1. The first-order valence-corrected chi connectivity index (χ1v) is 8.00. The van der Waals surface area contributed by atoms with E-state index < -0.39 is 0 Å². The molecule has 0 saturated carbocycles. The molecule has 2 heterocycles. The number of nitrogens with one attached hydrogen (secondary N) is 1. The van der Waals surface area contributed by atoms with Gasteiger partial charge in [-0.3, -0.25) is 0 Å². The Labute approximate surface area is 113 Å². The van der Waals surface area contributed by atoms with E-state index in [9.17, 15) is 0 Å². The summed E-state index contributed by atoms with van der Waals surface area (Å²) in [6.45, 7) is 5.04. The zero-order chi connectivity index (χ0) is 12.4. The van der Waals surface area contributed by atoms with E-state index >= 15 is 0 Å². The Bertz CT molecular complexity index is 398. The lowest BCUT2D eigenvalue weighted by Gasteiger charge is -2.21. The van der Waals surface area contributed by atoms with Crippen LogP contribution in [0.1, 0.15) is 60.1 Å². The summed E-state index contributed by atoms with van der Waals surface area (Å²) in [4.78, 5) is 6.41. The predicted molar refractivity (Wildman–Crippen MR) is 74.3 cm³/mol. The first kappa shape index (κ1) is 12.6. The van der Waals surface area contributed by atoms with Crippen LogP contribution in [0.3, 0.4) is 0 Å². The SMILES string of the molecule is CCNC1CCCc2nc(C3CCCOC3)sc21. The molecular formula is C14H22N2OS. The van der Waals surface area contributed by atoms with E-state index in [2.05, 4.69) is 12.2 Å². The van der Waals surface area contributed by atoms with Crippen molar-refractivity contribution >= 4 is 11.3 Å². The number of fused-ring (bicyclic) bond motifs is 1. The molecule has 4 heteroatoms. The normalized spacial score (nSPS) is 28.1. The van der Waals surface area contributed by atoms with Gasteiger partial charge in [-0.2, -0.15) is 0 Å². The van der Waals surface area contributed by atoms with E-state index in [4.69, 9.17) is 9.72 Å². The number of rotatable bonds is 3. The van der Waals surface area contributed by atoms with E-state index in [-0.39, 0.29) is 0 Å². The molecule has 2 aliphatic rings. The molecule has 0 amide bonds. The largest absolute Gasteiger partial charge is 0.381 e. The molecule has 1 saturated heterocycles. The molecule has 3 nitrogen and oxygen atoms in total. The molecule has 0 aromatic carbocycles. The van der Waals surface area contributed by atoms with Gasteiger partial charge < -0.3 is 10.1 Å². The molecule has 100 valence electrons. The second-order valence-electron chi connectivity index (χ2n) is 5.28. The van der Waals surface area contributed by atoms with Crippen LogP contribution >= 0.6 is 11.3 Å². The van der Waals surface area contributed by atoms with Gasteiger partial charge in [0.15, 0.2) is 0 Å². The zero-order valence-electron chi connectivity index (χ0n) is 11.1. The molecule has 1 N–H and O–H groups in total. The van der Waals surface area contributed by atoms with Crippen LogP contribution < -0.4 is 5.32 Å². The quantitative estimate of drug-likeness (QED) is 0.913. The van der Waals surface area contributed by atoms with E-state index in [1.807, 2.05) is 11.3 Å². The fourth-order valence-electron chi connectivity index (χ4n) is 2.99. The molecule has 1 aliphatic carbocycles. The highest BCUT2D eigenvalue weighted by molar-refractivity contribution is 7.12. The van der Waals surface area contributed by atoms with Gasteiger partial charge in [0, 0.05) is 23.4 Å². The third-order valence-corrected chi connectivity index (χ3v) is 5.30. The van der Waals surface area contributed by atoms with Gasteiger partial charge in [0.25, 0.3) is 0 Å². The number of hydrogen-bond donors (Lipinski definition) is 1. The van der Waals surface area contributed by atoms with Crippen molar-refractivity contribution in [3.05, 3.63) is 15.6 Å². The van der Waals surface area contributed by atoms with Gasteiger partial charge in [0.1, 0.15) is 0 Å². The van der Waals surface area contributed by atoms with Crippen LogP contribution in [-0.4, -0.2) is 24.7 Å². The Balaban J connectivity index is 1.81. The van der Waals surface area contributed by atoms with Crippen LogP contribution in [0.4, 0.5) is 0 Å². The van der Waals surface area contributed by atoms with E-state index in [0.29, 0.717) is 12.0 Å². The lowest BCUT2D eigenvalue weighted by molar-refractivity contribution is 0.0803. The van der Waals surface area contributed by atoms with Crippen LogP contribution in [0, 0.1) is 0 Å². The van der Waals surface area contributed by atoms with Crippen molar-refractivity contribution in [2.24, 2.45) is 0 Å². The maximum Gasteiger partial charge on any atom is 0.0985 e. The number of thiazole rings is 1. The summed E-state index contributed by atoms with van der Waals surface area (Å²) in [6.07, 6.45) is 6.14. The second-order valence-corrected chi connectivity index (χ2v) is 6.34. The van der Waals surface area contributed by atoms with Crippen molar-refractivity contribution in [3.63, 3.8) is 0 Å². The van der Waals surface area contributed by atoms with Crippen molar-refractivity contribution in [1.29, 1.82) is 0 Å². The summed E-state index contributed by atoms with van der Waals surface area (Å²) in [5.41, 5.74) is 1.36. The van der Waals surface area contributed by atoms with E-state index in [1.165, 1.54) is 47.7 Å². The lowest BCUT2D eigenvalue weighted by Crippen LogP contribution is -2.23. The van der Waals surface area contributed by atoms with Crippen molar-refractivity contribution in [3.8, 4) is 0 Å². The van der Waals surface area contributed by atoms with Gasteiger partial charge in [-0.1, -0.05) is 6.92 Å². The summed E-state index contributed by atoms with van der Waals surface area (Å²) in [5.74, 6) is 0.552. The number of ether oxygens (including phenoxy) is 1. The number of aromatic nitrogens is 1. The molecule has 1 aromatic heterocycles. The predicted octanol–water partition coefficient (Wildman–Crippen LogP) is 3.02. The Kier molecular flexibility index (Phi) is 3.97. The Morgan fingerprint density at radius 2 is 2.33 bits per heavy atom. The minimum Gasteiger partial charge on any atom is -0.381 e. The molecule has 0 spiro atoms. The summed E-state index contributed by atoms with van der Waals surface area (Å²) in [5, 5.41) is 4.92. The summed E-state index contributed by atoms with van der Waals surface area (Å²) >= 11 is 1.94. The van der Waals surface area contributed by atoms with Crippen LogP contribution in [0.2, 0.25) is 0 Å². The first-order valence-electron chi connectivity index (χ1n) is 7.19. The van der Waals surface area contributed by atoms with Crippen LogP contribution in [0.15, 0.2) is 0 Å². The lowest BCUT2D eigenvalue weighted by atomic mass is 9.98. The summed E-state index contributed by atoms with van der Waals surface area (Å²) < 4.78 is 5.59. The van der Waals surface area contributed by atoms with Crippen molar-refractivity contribution < 1.29 is 4.74 Å². The highest BCUT2D eigenvalue weighted by Gasteiger charge is 2.27. The van der Waals surface area contributed by atoms with E-state index in [0.717, 1.165) is 19.8 Å². The minimum atomic E-state index is 0.550. The van der Waals surface area contributed by atoms with Gasteiger partial charge in [0.05, 0.1) is 17.3 Å². The Hall–Kier alpha value is -0.450. The first-order chi connectivity index (χ1) is 8.88. The highest BCUT2D eigenvalue weighted by atomic mass is 32.1. The summed E-state index contributed by atoms with van der Waals surface area (Å²) in [6, 6.07) is 0.550. The van der Waals surface area contributed by atoms with Crippen molar-refractivity contribution in [2.75, 3.05) is 19.8 Å². The molecule has 18 heavy (non-hydrogen) atoms. The topological polar surface area (TPSA) is 34.2 Å². The average molecular weight is 266 g/mol. The summed E-state index contributed by atoms with van der Waals surface area (Å²) in [7, 11) is 0. The smallest absolute Gasteiger partial charge is 0.0985 e. The average Bonchev–Trinajstić information content (AvgIpc) is 2.85. The molecule has 0 bridgehead atoms. The van der Waals surface area contributed by atoms with Gasteiger partial charge in [-0.15, -0.1) is 11.3 Å². The fraction of sp³-hybridized carbons (Fsp3) is 0.786. The monoisotopic (exact) mass is 266 g/mol. The molecule has 0 radical (unpaired) electrons. The Morgan fingerprint density at radius 3 is 3.11 bits per heavy atom. The molecule has 1 aliphatic heterocycles. The second kappa shape index (κ2) is 5.68. The minimum absolute atomic E-state index is 0.550. The van der Waals surface area contributed by atoms with Crippen molar-refractivity contribution in [1.82, 2.24) is 10.3 Å². The third-order valence-electron chi connectivity index (χ3n) is 3.93. The number of hydrogen-bond acceptors (Lipinski definition) is 4. The molecule has 1 aromatic rings. The van der Waals surface area contributed by atoms with Crippen LogP contribution in [-0.2, 0) is 11.2 Å². The highest BCUT2D eigenvalue weighted by Crippen LogP contribution is 2.38. The van der Waals surface area contributed by atoms with Gasteiger partial charge in [-0.25, -0.2) is 4.98 Å². The molecular weight excluding hydrogens is 244 g/mol. The van der Waals surface area contributed by atoms with Gasteiger partial charge in [0.2, 0.25) is 0 Å². The van der Waals surface area contributed by atoms with E-state index in [1.54, 1.807) is 0 Å². The van der Waals surface area contributed by atoms with Crippen molar-refractivity contribution in [2.45, 2.75) is 51.0 Å². The molecule has 2 unspecified atom stereocenters. The zero-order valence-corrected chi connectivity index (χ0v) is 11.9. The Morgan fingerprint density at radius 1 is 1.39 bits per heavy atom. The molecule has 1 fully saturated rings. The van der Waals surface area contributed by atoms with Crippen LogP contribution in [0.25, 0.3) is 0 Å². The van der Waals surface area contributed by atoms with Crippen LogP contribution in [0.5, 0.6) is 0 Å². The number of nitrogens with zero attached hydrogens (tertiary/aromatic N) is 1. The fourth-order valence-corrected chi connectivity index (χ4v) is 4.33. The van der Waals surface area contributed by atoms with Gasteiger partial charge in [-0.05, 0) is 38.6 Å². The molecule has 2 atom stereocenters.